The number of rotatable bonds is 5. The molecule has 0 radical (unpaired) electrons. The van der Waals surface area contributed by atoms with Crippen LogP contribution in [0.4, 0.5) is 10.1 Å². The smallest absolute Gasteiger partial charge is 0.336 e. The average molecular weight is 394 g/mol. The van der Waals surface area contributed by atoms with Crippen molar-refractivity contribution in [1.82, 2.24) is 14.8 Å². The molecule has 140 valence electrons. The minimum atomic E-state index is -0.404. The van der Waals surface area contributed by atoms with E-state index in [1.807, 2.05) is 11.4 Å². The van der Waals surface area contributed by atoms with Gasteiger partial charge in [0.05, 0.1) is 23.2 Å². The molecule has 4 rings (SSSR count). The summed E-state index contributed by atoms with van der Waals surface area (Å²) in [7, 11) is 1.45. The van der Waals surface area contributed by atoms with E-state index in [4.69, 9.17) is 4.74 Å². The minimum absolute atomic E-state index is 0.133. The maximum absolute atomic E-state index is 14.3. The molecule has 1 N–H and O–H groups in total. The second-order valence-corrected chi connectivity index (χ2v) is 6.74. The van der Waals surface area contributed by atoms with Gasteiger partial charge in [-0.3, -0.25) is 4.79 Å². The van der Waals surface area contributed by atoms with Gasteiger partial charge in [-0.05, 0) is 47.8 Å². The molecule has 28 heavy (non-hydrogen) atoms. The van der Waals surface area contributed by atoms with Crippen LogP contribution >= 0.6 is 11.3 Å². The van der Waals surface area contributed by atoms with E-state index in [0.29, 0.717) is 27.6 Å². The third kappa shape index (κ3) is 3.49. The van der Waals surface area contributed by atoms with Gasteiger partial charge in [0.1, 0.15) is 5.82 Å². The van der Waals surface area contributed by atoms with E-state index in [9.17, 15) is 9.18 Å². The van der Waals surface area contributed by atoms with Crippen molar-refractivity contribution < 1.29 is 13.9 Å². The van der Waals surface area contributed by atoms with Crippen LogP contribution in [0.3, 0.4) is 0 Å². The Balaban J connectivity index is 1.65. The highest BCUT2D eigenvalue weighted by atomic mass is 32.1. The van der Waals surface area contributed by atoms with E-state index in [1.165, 1.54) is 29.2 Å². The van der Waals surface area contributed by atoms with Crippen molar-refractivity contribution in [3.8, 4) is 23.1 Å². The monoisotopic (exact) mass is 394 g/mol. The van der Waals surface area contributed by atoms with Crippen LogP contribution in [0.1, 0.15) is 9.67 Å². The highest BCUT2D eigenvalue weighted by Gasteiger charge is 2.17. The second kappa shape index (κ2) is 7.61. The highest BCUT2D eigenvalue weighted by Crippen LogP contribution is 2.26. The molecule has 0 spiro atoms. The Hall–Kier alpha value is -3.52. The molecule has 0 aliphatic heterocycles. The molecule has 8 heteroatoms. The highest BCUT2D eigenvalue weighted by molar-refractivity contribution is 7.12. The number of carbonyl (C=O) groups is 1. The van der Waals surface area contributed by atoms with Gasteiger partial charge >= 0.3 is 6.01 Å². The van der Waals surface area contributed by atoms with Crippen molar-refractivity contribution in [3.63, 3.8) is 0 Å². The predicted octanol–water partition coefficient (Wildman–Crippen LogP) is 4.40. The quantitative estimate of drug-likeness (QED) is 0.545. The van der Waals surface area contributed by atoms with E-state index >= 15 is 0 Å². The molecular weight excluding hydrogens is 379 g/mol. The Labute approximate surface area is 164 Å². The summed E-state index contributed by atoms with van der Waals surface area (Å²) in [6.07, 6.45) is 0. The zero-order valence-electron chi connectivity index (χ0n) is 14.8. The SMILES string of the molecule is COc1nc(-c2ccccc2F)n(-c2ccc(NC(=O)c3cccs3)cc2)n1. The number of benzene rings is 2. The molecule has 0 unspecified atom stereocenters. The molecule has 2 aromatic carbocycles. The maximum Gasteiger partial charge on any atom is 0.336 e. The number of methoxy groups -OCH3 is 1. The number of amides is 1. The largest absolute Gasteiger partial charge is 0.466 e. The lowest BCUT2D eigenvalue weighted by atomic mass is 10.2. The molecule has 2 aromatic heterocycles. The third-order valence-corrected chi connectivity index (χ3v) is 4.87. The predicted molar refractivity (Wildman–Crippen MR) is 106 cm³/mol. The molecule has 2 heterocycles. The average Bonchev–Trinajstić information content (AvgIpc) is 3.39. The fourth-order valence-corrected chi connectivity index (χ4v) is 3.28. The zero-order valence-corrected chi connectivity index (χ0v) is 15.6. The van der Waals surface area contributed by atoms with Gasteiger partial charge in [0.15, 0.2) is 5.82 Å². The van der Waals surface area contributed by atoms with Crippen LogP contribution in [0.15, 0.2) is 66.0 Å². The van der Waals surface area contributed by atoms with Crippen LogP contribution in [0.5, 0.6) is 6.01 Å². The number of nitrogens with zero attached hydrogens (tertiary/aromatic N) is 3. The molecule has 0 bridgehead atoms. The van der Waals surface area contributed by atoms with Gasteiger partial charge < -0.3 is 10.1 Å². The summed E-state index contributed by atoms with van der Waals surface area (Å²) in [5, 5.41) is 8.96. The fraction of sp³-hybridized carbons (Fsp3) is 0.0500. The summed E-state index contributed by atoms with van der Waals surface area (Å²) >= 11 is 1.37. The molecule has 6 nitrogen and oxygen atoms in total. The molecule has 0 atom stereocenters. The standard InChI is InChI=1S/C20H15FN4O2S/c1-27-20-23-18(15-5-2-3-6-16(15)21)25(24-20)14-10-8-13(9-11-14)22-19(26)17-7-4-12-28-17/h2-12H,1H3,(H,22,26). The maximum atomic E-state index is 14.3. The molecule has 0 saturated heterocycles. The minimum Gasteiger partial charge on any atom is -0.466 e. The second-order valence-electron chi connectivity index (χ2n) is 5.79. The number of carbonyl (C=O) groups excluding carboxylic acids is 1. The first-order valence-corrected chi connectivity index (χ1v) is 9.25. The van der Waals surface area contributed by atoms with Gasteiger partial charge in [0.2, 0.25) is 0 Å². The molecule has 1 amide bonds. The lowest BCUT2D eigenvalue weighted by molar-refractivity contribution is 0.103. The first kappa shape index (κ1) is 17.9. The summed E-state index contributed by atoms with van der Waals surface area (Å²) in [4.78, 5) is 17.1. The topological polar surface area (TPSA) is 69.0 Å². The van der Waals surface area contributed by atoms with Gasteiger partial charge in [0.25, 0.3) is 5.91 Å². The number of aromatic nitrogens is 3. The lowest BCUT2D eigenvalue weighted by Gasteiger charge is -2.08. The van der Waals surface area contributed by atoms with Crippen LogP contribution in [0.25, 0.3) is 17.1 Å². The van der Waals surface area contributed by atoms with Gasteiger partial charge in [0, 0.05) is 5.69 Å². The van der Waals surface area contributed by atoms with Crippen molar-refractivity contribution >= 4 is 22.9 Å². The fourth-order valence-electron chi connectivity index (χ4n) is 2.66. The number of nitrogens with one attached hydrogen (secondary N) is 1. The van der Waals surface area contributed by atoms with Crippen molar-refractivity contribution in [2.45, 2.75) is 0 Å². The van der Waals surface area contributed by atoms with Gasteiger partial charge in [-0.15, -0.1) is 16.4 Å². The van der Waals surface area contributed by atoms with E-state index in [1.54, 1.807) is 48.5 Å². The van der Waals surface area contributed by atoms with Gasteiger partial charge in [-0.25, -0.2) is 9.07 Å². The van der Waals surface area contributed by atoms with E-state index in [0.717, 1.165) is 0 Å². The Morgan fingerprint density at radius 3 is 2.57 bits per heavy atom. The summed E-state index contributed by atoms with van der Waals surface area (Å²) in [6.45, 7) is 0. The first-order valence-electron chi connectivity index (χ1n) is 8.37. The Morgan fingerprint density at radius 1 is 1.11 bits per heavy atom. The van der Waals surface area contributed by atoms with Crippen LogP contribution in [-0.2, 0) is 0 Å². The number of ether oxygens (including phenoxy) is 1. The number of thiophene rings is 1. The molecule has 0 fully saturated rings. The number of hydrogen-bond donors (Lipinski definition) is 1. The lowest BCUT2D eigenvalue weighted by Crippen LogP contribution is -2.10. The summed E-state index contributed by atoms with van der Waals surface area (Å²) in [6, 6.07) is 17.1. The van der Waals surface area contributed by atoms with Crippen molar-refractivity contribution in [2.75, 3.05) is 12.4 Å². The van der Waals surface area contributed by atoms with Crippen molar-refractivity contribution in [3.05, 3.63) is 76.7 Å². The molecule has 0 saturated carbocycles. The van der Waals surface area contributed by atoms with E-state index in [2.05, 4.69) is 15.4 Å². The van der Waals surface area contributed by atoms with Crippen molar-refractivity contribution in [1.29, 1.82) is 0 Å². The summed E-state index contributed by atoms with van der Waals surface area (Å²) in [5.74, 6) is -0.249. The molecule has 4 aromatic rings. The number of hydrogen-bond acceptors (Lipinski definition) is 5. The zero-order chi connectivity index (χ0) is 19.5. The van der Waals surface area contributed by atoms with Gasteiger partial charge in [-0.2, -0.15) is 4.98 Å². The first-order chi connectivity index (χ1) is 13.7. The van der Waals surface area contributed by atoms with Crippen LogP contribution in [0, 0.1) is 5.82 Å². The van der Waals surface area contributed by atoms with Crippen LogP contribution in [0.2, 0.25) is 0 Å². The third-order valence-electron chi connectivity index (χ3n) is 4.00. The summed E-state index contributed by atoms with van der Waals surface area (Å²) in [5.41, 5.74) is 1.61. The Bertz CT molecular complexity index is 1110. The normalized spacial score (nSPS) is 10.6. The number of halogens is 1. The van der Waals surface area contributed by atoms with Crippen LogP contribution < -0.4 is 10.1 Å². The Kier molecular flexibility index (Phi) is 4.86. The van der Waals surface area contributed by atoms with Crippen molar-refractivity contribution in [2.24, 2.45) is 0 Å². The molecule has 0 aliphatic carbocycles. The molecular formula is C20H15FN4O2S. The Morgan fingerprint density at radius 2 is 1.89 bits per heavy atom. The van der Waals surface area contributed by atoms with Crippen LogP contribution in [-0.4, -0.2) is 27.8 Å². The number of anilines is 1. The van der Waals surface area contributed by atoms with E-state index in [-0.39, 0.29) is 11.9 Å². The van der Waals surface area contributed by atoms with Gasteiger partial charge in [-0.1, -0.05) is 18.2 Å². The summed E-state index contributed by atoms with van der Waals surface area (Å²) < 4.78 is 20.9. The molecule has 0 aliphatic rings. The van der Waals surface area contributed by atoms with E-state index < -0.39 is 5.82 Å².